The van der Waals surface area contributed by atoms with Crippen LogP contribution in [0, 0.1) is 0 Å². The predicted octanol–water partition coefficient (Wildman–Crippen LogP) is 2.54. The molecule has 5 heteroatoms. The zero-order valence-electron chi connectivity index (χ0n) is 13.6. The Morgan fingerprint density at radius 3 is 2.46 bits per heavy atom. The molecule has 1 saturated heterocycles. The van der Waals surface area contributed by atoms with Gasteiger partial charge in [0.2, 0.25) is 0 Å². The van der Waals surface area contributed by atoms with Crippen molar-refractivity contribution in [3.8, 4) is 5.69 Å². The first-order valence-corrected chi connectivity index (χ1v) is 8.57. The van der Waals surface area contributed by atoms with E-state index in [4.69, 9.17) is 9.47 Å². The van der Waals surface area contributed by atoms with E-state index < -0.39 is 0 Å². The number of aromatic nitrogens is 1. The molecule has 5 nitrogen and oxygen atoms in total. The molecule has 2 aromatic rings. The van der Waals surface area contributed by atoms with Gasteiger partial charge in [-0.3, -0.25) is 4.79 Å². The molecule has 1 aliphatic carbocycles. The molecule has 1 N–H and O–H groups in total. The molecule has 1 amide bonds. The topological polar surface area (TPSA) is 52.5 Å². The third-order valence-electron chi connectivity index (χ3n) is 4.85. The lowest BCUT2D eigenvalue weighted by Crippen LogP contribution is -2.49. The molecule has 3 atom stereocenters. The number of nitrogens with zero attached hydrogens (tertiary/aromatic N) is 1. The molecule has 0 bridgehead atoms. The summed E-state index contributed by atoms with van der Waals surface area (Å²) in [6.45, 7) is 1.34. The molecule has 2 heterocycles. The van der Waals surface area contributed by atoms with Crippen LogP contribution in [-0.4, -0.2) is 41.9 Å². The second kappa shape index (κ2) is 6.79. The molecule has 1 saturated carbocycles. The number of fused-ring (bicyclic) bond motifs is 1. The Balaban J connectivity index is 1.37. The van der Waals surface area contributed by atoms with E-state index in [1.54, 1.807) is 0 Å². The van der Waals surface area contributed by atoms with Crippen molar-refractivity contribution in [2.45, 2.75) is 37.5 Å². The van der Waals surface area contributed by atoms with Gasteiger partial charge in [0.15, 0.2) is 0 Å². The van der Waals surface area contributed by atoms with E-state index in [0.717, 1.165) is 24.9 Å². The highest BCUT2D eigenvalue weighted by Crippen LogP contribution is 2.27. The molecular weight excluding hydrogens is 304 g/mol. The summed E-state index contributed by atoms with van der Waals surface area (Å²) in [5.74, 6) is -0.0192. The van der Waals surface area contributed by atoms with Gasteiger partial charge in [-0.05, 0) is 55.7 Å². The molecule has 4 rings (SSSR count). The third kappa shape index (κ3) is 3.23. The molecule has 2 fully saturated rings. The van der Waals surface area contributed by atoms with Crippen molar-refractivity contribution in [3.63, 3.8) is 0 Å². The number of ether oxygens (including phenoxy) is 2. The Hall–Kier alpha value is -2.11. The number of hydrogen-bond donors (Lipinski definition) is 1. The van der Waals surface area contributed by atoms with Gasteiger partial charge in [-0.1, -0.05) is 0 Å². The zero-order valence-corrected chi connectivity index (χ0v) is 13.6. The highest BCUT2D eigenvalue weighted by atomic mass is 16.6. The van der Waals surface area contributed by atoms with Gasteiger partial charge >= 0.3 is 0 Å². The second-order valence-electron chi connectivity index (χ2n) is 6.44. The van der Waals surface area contributed by atoms with Crippen molar-refractivity contribution in [3.05, 3.63) is 54.4 Å². The summed E-state index contributed by atoms with van der Waals surface area (Å²) in [5.41, 5.74) is 1.73. The normalized spacial score (nSPS) is 26.6. The average molecular weight is 326 g/mol. The smallest absolute Gasteiger partial charge is 0.251 e. The van der Waals surface area contributed by atoms with Gasteiger partial charge in [-0.2, -0.15) is 0 Å². The fourth-order valence-corrected chi connectivity index (χ4v) is 3.56. The van der Waals surface area contributed by atoms with Crippen molar-refractivity contribution in [2.75, 3.05) is 13.2 Å². The first-order valence-electron chi connectivity index (χ1n) is 8.57. The maximum Gasteiger partial charge on any atom is 0.251 e. The van der Waals surface area contributed by atoms with E-state index in [0.29, 0.717) is 18.8 Å². The van der Waals surface area contributed by atoms with Gasteiger partial charge in [0.25, 0.3) is 5.91 Å². The molecule has 2 aliphatic rings. The number of carbonyl (C=O) groups excluding carboxylic acids is 1. The van der Waals surface area contributed by atoms with E-state index in [-0.39, 0.29) is 24.2 Å². The monoisotopic (exact) mass is 326 g/mol. The minimum Gasteiger partial charge on any atom is -0.373 e. The van der Waals surface area contributed by atoms with Crippen molar-refractivity contribution >= 4 is 5.91 Å². The molecule has 1 aromatic heterocycles. The zero-order chi connectivity index (χ0) is 16.4. The lowest BCUT2D eigenvalue weighted by atomic mass is 9.89. The highest BCUT2D eigenvalue weighted by molar-refractivity contribution is 5.94. The van der Waals surface area contributed by atoms with E-state index in [9.17, 15) is 4.79 Å². The standard InChI is InChI=1S/C19H22N2O3/c22-19(14-3-6-16(7-4-14)21-9-1-2-10-21)20-15-5-8-17-18(13-15)24-12-11-23-17/h1-4,6-7,9-10,15,17-18H,5,8,11-13H2,(H,20,22)/t15-,17+,18+/m1/s1. The molecule has 0 radical (unpaired) electrons. The van der Waals surface area contributed by atoms with Crippen LogP contribution in [0.4, 0.5) is 0 Å². The molecule has 24 heavy (non-hydrogen) atoms. The number of benzene rings is 1. The summed E-state index contributed by atoms with van der Waals surface area (Å²) >= 11 is 0. The molecular formula is C19H22N2O3. The summed E-state index contributed by atoms with van der Waals surface area (Å²) in [6.07, 6.45) is 7.01. The molecule has 1 aromatic carbocycles. The summed E-state index contributed by atoms with van der Waals surface area (Å²) in [4.78, 5) is 12.5. The lowest BCUT2D eigenvalue weighted by Gasteiger charge is -2.39. The van der Waals surface area contributed by atoms with Gasteiger partial charge < -0.3 is 19.4 Å². The molecule has 0 spiro atoms. The molecule has 0 unspecified atom stereocenters. The Labute approximate surface area is 141 Å². The van der Waals surface area contributed by atoms with Crippen LogP contribution in [0.1, 0.15) is 29.6 Å². The van der Waals surface area contributed by atoms with Crippen LogP contribution in [-0.2, 0) is 9.47 Å². The minimum atomic E-state index is -0.0192. The largest absolute Gasteiger partial charge is 0.373 e. The highest BCUT2D eigenvalue weighted by Gasteiger charge is 2.34. The van der Waals surface area contributed by atoms with E-state index in [2.05, 4.69) is 5.32 Å². The van der Waals surface area contributed by atoms with E-state index >= 15 is 0 Å². The van der Waals surface area contributed by atoms with Crippen LogP contribution < -0.4 is 5.32 Å². The van der Waals surface area contributed by atoms with Crippen LogP contribution in [0.25, 0.3) is 5.69 Å². The Kier molecular flexibility index (Phi) is 4.36. The molecule has 1 aliphatic heterocycles. The van der Waals surface area contributed by atoms with Gasteiger partial charge in [-0.25, -0.2) is 0 Å². The first kappa shape index (κ1) is 15.4. The summed E-state index contributed by atoms with van der Waals surface area (Å²) in [5, 5.41) is 3.14. The van der Waals surface area contributed by atoms with Crippen LogP contribution in [0.3, 0.4) is 0 Å². The summed E-state index contributed by atoms with van der Waals surface area (Å²) in [7, 11) is 0. The van der Waals surface area contributed by atoms with E-state index in [1.165, 1.54) is 0 Å². The van der Waals surface area contributed by atoms with Gasteiger partial charge in [0, 0.05) is 29.7 Å². The minimum absolute atomic E-state index is 0.0192. The number of amides is 1. The maximum absolute atomic E-state index is 12.5. The van der Waals surface area contributed by atoms with Crippen molar-refractivity contribution in [2.24, 2.45) is 0 Å². The van der Waals surface area contributed by atoms with Crippen LogP contribution in [0.2, 0.25) is 0 Å². The maximum atomic E-state index is 12.5. The van der Waals surface area contributed by atoms with E-state index in [1.807, 2.05) is 53.4 Å². The number of hydrogen-bond acceptors (Lipinski definition) is 3. The van der Waals surface area contributed by atoms with Gasteiger partial charge in [0.1, 0.15) is 0 Å². The van der Waals surface area contributed by atoms with Crippen molar-refractivity contribution in [1.82, 2.24) is 9.88 Å². The fourth-order valence-electron chi connectivity index (χ4n) is 3.56. The number of carbonyl (C=O) groups is 1. The Morgan fingerprint density at radius 2 is 1.71 bits per heavy atom. The Bertz CT molecular complexity index is 681. The summed E-state index contributed by atoms with van der Waals surface area (Å²) < 4.78 is 13.5. The molecule has 126 valence electrons. The Morgan fingerprint density at radius 1 is 1.00 bits per heavy atom. The number of nitrogens with one attached hydrogen (secondary N) is 1. The third-order valence-corrected chi connectivity index (χ3v) is 4.85. The van der Waals surface area contributed by atoms with Gasteiger partial charge in [-0.15, -0.1) is 0 Å². The van der Waals surface area contributed by atoms with Gasteiger partial charge in [0.05, 0.1) is 25.4 Å². The first-order chi connectivity index (χ1) is 11.8. The van der Waals surface area contributed by atoms with Crippen molar-refractivity contribution in [1.29, 1.82) is 0 Å². The SMILES string of the molecule is O=C(N[C@@H]1CC[C@@H]2OCCO[C@H]2C1)c1ccc(-n2cccc2)cc1. The number of rotatable bonds is 3. The summed E-state index contributed by atoms with van der Waals surface area (Å²) in [6, 6.07) is 11.8. The second-order valence-corrected chi connectivity index (χ2v) is 6.44. The van der Waals surface area contributed by atoms with Crippen LogP contribution in [0.5, 0.6) is 0 Å². The average Bonchev–Trinajstić information content (AvgIpc) is 3.16. The van der Waals surface area contributed by atoms with Crippen LogP contribution >= 0.6 is 0 Å². The quantitative estimate of drug-likeness (QED) is 0.943. The van der Waals surface area contributed by atoms with Crippen molar-refractivity contribution < 1.29 is 14.3 Å². The predicted molar refractivity (Wildman–Crippen MR) is 90.4 cm³/mol. The van der Waals surface area contributed by atoms with Crippen LogP contribution in [0.15, 0.2) is 48.8 Å². The lowest BCUT2D eigenvalue weighted by molar-refractivity contribution is -0.157. The fraction of sp³-hybridized carbons (Fsp3) is 0.421.